The summed E-state index contributed by atoms with van der Waals surface area (Å²) in [7, 11) is 0. The molecule has 4 aromatic rings. The van der Waals surface area contributed by atoms with Gasteiger partial charge in [-0.15, -0.1) is 0 Å². The van der Waals surface area contributed by atoms with Crippen molar-refractivity contribution in [2.45, 2.75) is 209 Å². The quantitative estimate of drug-likeness (QED) is 0.0196. The molecule has 2 atom stereocenters. The number of aryl methyl sites for hydroxylation is 8. The maximum Gasteiger partial charge on any atom is 0.309 e. The van der Waals surface area contributed by atoms with Crippen LogP contribution in [-0.2, 0) is 90.2 Å². The monoisotopic (exact) mass is 1240 g/mol. The van der Waals surface area contributed by atoms with Crippen LogP contribution >= 0.6 is 23.5 Å². The highest BCUT2D eigenvalue weighted by Gasteiger charge is 2.27. The number of carbonyl (C=O) groups excluding carboxylic acids is 4. The van der Waals surface area contributed by atoms with E-state index in [4.69, 9.17) is 23.7 Å². The average molecular weight is 1240 g/mol. The van der Waals surface area contributed by atoms with Gasteiger partial charge in [-0.1, -0.05) is 154 Å². The number of ether oxygens (including phenoxy) is 5. The van der Waals surface area contributed by atoms with Crippen molar-refractivity contribution in [3.63, 3.8) is 0 Å². The zero-order chi connectivity index (χ0) is 64.9. The maximum atomic E-state index is 13.7. The summed E-state index contributed by atoms with van der Waals surface area (Å²) < 4.78 is 28.9. The molecule has 0 saturated carbocycles. The summed E-state index contributed by atoms with van der Waals surface area (Å²) in [6.45, 7) is 34.3. The lowest BCUT2D eigenvalue weighted by molar-refractivity contribution is -0.150. The minimum atomic E-state index is -0.571. The van der Waals surface area contributed by atoms with Crippen LogP contribution in [0.2, 0.25) is 0 Å². The highest BCUT2D eigenvalue weighted by molar-refractivity contribution is 7.99. The summed E-state index contributed by atoms with van der Waals surface area (Å²) in [5.74, 6) is 0.365. The molecule has 0 aliphatic heterocycles. The molecule has 0 spiro atoms. The van der Waals surface area contributed by atoms with Crippen molar-refractivity contribution in [2.24, 2.45) is 11.8 Å². The minimum absolute atomic E-state index is 0.0378. The third kappa shape index (κ3) is 25.2. The van der Waals surface area contributed by atoms with Gasteiger partial charge in [0.2, 0.25) is 0 Å². The Morgan fingerprint density at radius 1 is 0.391 bits per heavy atom. The van der Waals surface area contributed by atoms with E-state index in [-0.39, 0.29) is 96.8 Å². The second-order valence-corrected chi connectivity index (χ2v) is 30.0. The summed E-state index contributed by atoms with van der Waals surface area (Å²) in [6.07, 6.45) is 4.84. The number of hydrogen-bond donors (Lipinski definition) is 4. The molecule has 0 amide bonds. The van der Waals surface area contributed by atoms with Crippen LogP contribution in [0.1, 0.15) is 201 Å². The highest BCUT2D eigenvalue weighted by atomic mass is 32.2. The largest absolute Gasteiger partial charge is 0.507 e. The molecule has 2 unspecified atom stereocenters. The Hall–Kier alpha value is -5.38. The van der Waals surface area contributed by atoms with Gasteiger partial charge in [0.25, 0.3) is 0 Å². The molecule has 4 aromatic carbocycles. The van der Waals surface area contributed by atoms with Gasteiger partial charge >= 0.3 is 23.9 Å². The number of esters is 4. The van der Waals surface area contributed by atoms with E-state index < -0.39 is 35.7 Å². The third-order valence-corrected chi connectivity index (χ3v) is 17.6. The van der Waals surface area contributed by atoms with Crippen LogP contribution in [0, 0.1) is 39.5 Å². The van der Waals surface area contributed by atoms with E-state index in [2.05, 4.69) is 83.1 Å². The summed E-state index contributed by atoms with van der Waals surface area (Å²) in [4.78, 5) is 53.5. The molecule has 87 heavy (non-hydrogen) atoms. The number of benzene rings is 4. The molecule has 0 saturated heterocycles. The fourth-order valence-corrected chi connectivity index (χ4v) is 12.5. The van der Waals surface area contributed by atoms with Gasteiger partial charge in [-0.25, -0.2) is 0 Å². The number of hydrogen-bond acceptors (Lipinski definition) is 15. The molecular formula is C72H106O13S2. The Balaban J connectivity index is 1.29. The summed E-state index contributed by atoms with van der Waals surface area (Å²) in [5, 5.41) is 44.2. The van der Waals surface area contributed by atoms with Crippen LogP contribution in [0.25, 0.3) is 0 Å². The molecular weight excluding hydrogens is 1140 g/mol. The average Bonchev–Trinajstić information content (AvgIpc) is 1.69. The van der Waals surface area contributed by atoms with Gasteiger partial charge in [-0.2, -0.15) is 23.5 Å². The van der Waals surface area contributed by atoms with Crippen LogP contribution in [0.5, 0.6) is 23.0 Å². The lowest BCUT2D eigenvalue weighted by Crippen LogP contribution is -2.23. The Labute approximate surface area is 530 Å². The van der Waals surface area contributed by atoms with E-state index in [1.54, 1.807) is 0 Å². The summed E-state index contributed by atoms with van der Waals surface area (Å²) in [6, 6.07) is 15.9. The molecule has 0 fully saturated rings. The zero-order valence-corrected chi connectivity index (χ0v) is 57.2. The van der Waals surface area contributed by atoms with Crippen molar-refractivity contribution < 1.29 is 63.3 Å². The minimum Gasteiger partial charge on any atom is -0.507 e. The van der Waals surface area contributed by atoms with Gasteiger partial charge in [-0.05, 0) is 158 Å². The number of phenolic OH excluding ortho intramolecular Hbond substituents is 4. The van der Waals surface area contributed by atoms with Gasteiger partial charge in [0.15, 0.2) is 0 Å². The predicted octanol–water partition coefficient (Wildman–Crippen LogP) is 15.2. The van der Waals surface area contributed by atoms with Crippen molar-refractivity contribution in [1.82, 2.24) is 0 Å². The smallest absolute Gasteiger partial charge is 0.309 e. The predicted molar refractivity (Wildman–Crippen MR) is 354 cm³/mol. The maximum absolute atomic E-state index is 13.7. The second-order valence-electron chi connectivity index (χ2n) is 27.7. The van der Waals surface area contributed by atoms with E-state index in [0.717, 1.165) is 66.8 Å². The molecule has 0 bridgehead atoms. The van der Waals surface area contributed by atoms with Gasteiger partial charge in [0, 0.05) is 35.9 Å². The van der Waals surface area contributed by atoms with Crippen LogP contribution in [-0.4, -0.2) is 107 Å². The van der Waals surface area contributed by atoms with E-state index >= 15 is 0 Å². The molecule has 0 aliphatic carbocycles. The van der Waals surface area contributed by atoms with Crippen LogP contribution in [0.15, 0.2) is 48.5 Å². The van der Waals surface area contributed by atoms with Crippen molar-refractivity contribution >= 4 is 47.4 Å². The number of phenols is 4. The number of thioether (sulfide) groups is 2. The van der Waals surface area contributed by atoms with Crippen molar-refractivity contribution in [3.05, 3.63) is 115 Å². The number of carbonyl (C=O) groups is 4. The van der Waals surface area contributed by atoms with E-state index in [9.17, 15) is 39.6 Å². The van der Waals surface area contributed by atoms with Crippen molar-refractivity contribution in [3.8, 4) is 23.0 Å². The zero-order valence-electron chi connectivity index (χ0n) is 55.6. The molecule has 0 aliphatic rings. The second kappa shape index (κ2) is 34.6. The van der Waals surface area contributed by atoms with Gasteiger partial charge < -0.3 is 44.1 Å². The molecule has 15 heteroatoms. The Kier molecular flexibility index (Phi) is 29.4. The van der Waals surface area contributed by atoms with E-state index in [1.165, 1.54) is 23.5 Å². The first-order valence-corrected chi connectivity index (χ1v) is 33.7. The number of aromatic hydroxyl groups is 4. The summed E-state index contributed by atoms with van der Waals surface area (Å²) >= 11 is 3.08. The normalized spacial score (nSPS) is 12.9. The first kappa shape index (κ1) is 74.1. The Bertz CT molecular complexity index is 2690. The van der Waals surface area contributed by atoms with Crippen LogP contribution < -0.4 is 0 Å². The topological polar surface area (TPSA) is 195 Å². The van der Waals surface area contributed by atoms with Crippen molar-refractivity contribution in [1.29, 1.82) is 0 Å². The van der Waals surface area contributed by atoms with Crippen molar-refractivity contribution in [2.75, 3.05) is 62.7 Å². The fraction of sp³-hybridized carbons (Fsp3) is 0.611. The SMILES string of the molecule is Cc1cc(CCCOC(=O)CCC(CSCCOCCSCC(CCC(=O)OCCCc2cc(C)cc(C(C)(C)C)c2O)C(=O)OCCCc2cc(C)cc(C(C)(C)C)c2O)C(=O)OCCCc2cc(C)cc(C(C)(C)C)c2O)c(O)c(C(C)(C)C)c1. The lowest BCUT2D eigenvalue weighted by Gasteiger charge is -2.23. The van der Waals surface area contributed by atoms with Crippen LogP contribution in [0.4, 0.5) is 0 Å². The fourth-order valence-electron chi connectivity index (χ4n) is 10.5. The third-order valence-electron chi connectivity index (χ3n) is 15.4. The van der Waals surface area contributed by atoms with Gasteiger partial charge in [0.05, 0.1) is 51.5 Å². The molecule has 0 aromatic heterocycles. The molecule has 4 rings (SSSR count). The molecule has 484 valence electrons. The Morgan fingerprint density at radius 3 is 0.897 bits per heavy atom. The van der Waals surface area contributed by atoms with Gasteiger partial charge in [0.1, 0.15) is 23.0 Å². The van der Waals surface area contributed by atoms with Crippen LogP contribution in [0.3, 0.4) is 0 Å². The molecule has 0 heterocycles. The Morgan fingerprint density at radius 2 is 0.644 bits per heavy atom. The van der Waals surface area contributed by atoms with E-state index in [1.807, 2.05) is 76.2 Å². The first-order chi connectivity index (χ1) is 40.7. The number of rotatable bonds is 34. The molecule has 4 N–H and O–H groups in total. The highest BCUT2D eigenvalue weighted by Crippen LogP contribution is 2.39. The molecule has 13 nitrogen and oxygen atoms in total. The lowest BCUT2D eigenvalue weighted by atomic mass is 9.83. The molecule has 0 radical (unpaired) electrons. The van der Waals surface area contributed by atoms with Gasteiger partial charge in [-0.3, -0.25) is 19.2 Å². The first-order valence-electron chi connectivity index (χ1n) is 31.4. The van der Waals surface area contributed by atoms with E-state index in [0.29, 0.717) is 87.6 Å². The standard InChI is InChI=1S/C72H106O13S2/c1-47-37-51(63(75)57(41-47)69(5,6)7)21-17-29-82-61(73)27-25-55(67(79)84-31-19-23-53-39-49(3)43-59(65(53)77)71(11,12)13)45-86-35-33-81-34-36-87-46-56(68(80)85-32-20-24-54-40-50(4)44-60(66(54)78)72(14,15)16)26-28-62(74)83-30-18-22-52-38-48(2)42-58(64(52)76)70(8,9)10/h37-44,55-56,75-78H,17-36,45-46H2,1-16H3. The summed E-state index contributed by atoms with van der Waals surface area (Å²) in [5.41, 5.74) is 10.1.